The maximum absolute atomic E-state index is 13.1. The minimum Gasteiger partial charge on any atom is -0.294 e. The molecule has 0 spiro atoms. The molecule has 1 amide bonds. The molecule has 0 radical (unpaired) electrons. The van der Waals surface area contributed by atoms with Crippen LogP contribution in [-0.2, 0) is 9.59 Å². The molecule has 6 heteroatoms. The van der Waals surface area contributed by atoms with E-state index in [9.17, 15) is 9.59 Å². The van der Waals surface area contributed by atoms with Crippen molar-refractivity contribution >= 4 is 45.2 Å². The smallest absolute Gasteiger partial charge is 0.233 e. The molecular weight excluding hydrogens is 424 g/mol. The van der Waals surface area contributed by atoms with Crippen molar-refractivity contribution in [3.8, 4) is 0 Å². The van der Waals surface area contributed by atoms with Gasteiger partial charge in [0.2, 0.25) is 5.91 Å². The highest BCUT2D eigenvalue weighted by atomic mass is 79.9. The lowest BCUT2D eigenvalue weighted by Crippen LogP contribution is -2.41. The summed E-state index contributed by atoms with van der Waals surface area (Å²) in [6.45, 7) is 0. The van der Waals surface area contributed by atoms with Gasteiger partial charge in [0.15, 0.2) is 5.78 Å². The predicted molar refractivity (Wildman–Crippen MR) is 111 cm³/mol. The van der Waals surface area contributed by atoms with E-state index in [-0.39, 0.29) is 17.6 Å². The van der Waals surface area contributed by atoms with Crippen molar-refractivity contribution < 1.29 is 9.59 Å². The van der Waals surface area contributed by atoms with Crippen LogP contribution in [0.2, 0.25) is 0 Å². The number of Topliss-reactive ketones (excluding diaryl/α,β-unsaturated/α-hetero) is 1. The molecule has 1 aromatic heterocycles. The van der Waals surface area contributed by atoms with E-state index >= 15 is 0 Å². The number of thioether (sulfide) groups is 1. The van der Waals surface area contributed by atoms with E-state index in [1.54, 1.807) is 22.9 Å². The Labute approximate surface area is 171 Å². The number of allylic oxidation sites excluding steroid dienone is 2. The van der Waals surface area contributed by atoms with E-state index in [0.29, 0.717) is 18.7 Å². The van der Waals surface area contributed by atoms with Gasteiger partial charge in [0.05, 0.1) is 0 Å². The fourth-order valence-corrected chi connectivity index (χ4v) is 4.52. The largest absolute Gasteiger partial charge is 0.294 e. The van der Waals surface area contributed by atoms with E-state index < -0.39 is 0 Å². The first-order valence-corrected chi connectivity index (χ1v) is 10.9. The summed E-state index contributed by atoms with van der Waals surface area (Å²) >= 11 is 5.06. The lowest BCUT2D eigenvalue weighted by atomic mass is 9.77. The van der Waals surface area contributed by atoms with Crippen LogP contribution in [0.4, 0.5) is 5.82 Å². The molecule has 4 rings (SSSR count). The summed E-state index contributed by atoms with van der Waals surface area (Å²) in [7, 11) is 0. The molecule has 27 heavy (non-hydrogen) atoms. The number of aromatic nitrogens is 1. The van der Waals surface area contributed by atoms with Gasteiger partial charge < -0.3 is 0 Å². The second-order valence-corrected chi connectivity index (χ2v) is 8.53. The fourth-order valence-electron chi connectivity index (χ4n) is 3.88. The molecule has 0 saturated carbocycles. The molecule has 1 atom stereocenters. The molecule has 1 aromatic carbocycles. The van der Waals surface area contributed by atoms with Crippen molar-refractivity contribution in [2.45, 2.75) is 36.5 Å². The molecule has 1 unspecified atom stereocenters. The van der Waals surface area contributed by atoms with Crippen LogP contribution in [-0.4, -0.2) is 22.9 Å². The monoisotopic (exact) mass is 442 g/mol. The number of carbonyl (C=O) groups excluding carboxylic acids is 2. The Morgan fingerprint density at radius 3 is 2.56 bits per heavy atom. The summed E-state index contributed by atoms with van der Waals surface area (Å²) in [5, 5.41) is 0. The molecule has 2 aromatic rings. The maximum atomic E-state index is 13.1. The Morgan fingerprint density at radius 2 is 1.89 bits per heavy atom. The van der Waals surface area contributed by atoms with E-state index in [2.05, 4.69) is 33.0 Å². The van der Waals surface area contributed by atoms with Gasteiger partial charge in [-0.25, -0.2) is 4.98 Å². The third kappa shape index (κ3) is 3.48. The summed E-state index contributed by atoms with van der Waals surface area (Å²) < 4.78 is 0.858. The molecule has 2 aliphatic rings. The number of carbonyl (C=O) groups is 2. The summed E-state index contributed by atoms with van der Waals surface area (Å²) in [6, 6.07) is 11.9. The first-order chi connectivity index (χ1) is 13.1. The Bertz CT molecular complexity index is 922. The Morgan fingerprint density at radius 1 is 1.11 bits per heavy atom. The third-order valence-electron chi connectivity index (χ3n) is 5.13. The molecule has 0 saturated heterocycles. The molecule has 2 heterocycles. The number of benzene rings is 1. The van der Waals surface area contributed by atoms with Crippen molar-refractivity contribution in [3.63, 3.8) is 0 Å². The number of pyridine rings is 1. The summed E-state index contributed by atoms with van der Waals surface area (Å²) in [6.07, 6.45) is 6.06. The maximum Gasteiger partial charge on any atom is 0.233 e. The van der Waals surface area contributed by atoms with Gasteiger partial charge in [0.25, 0.3) is 0 Å². The van der Waals surface area contributed by atoms with Crippen LogP contribution in [0.3, 0.4) is 0 Å². The zero-order valence-electron chi connectivity index (χ0n) is 14.9. The van der Waals surface area contributed by atoms with Crippen LogP contribution in [0.1, 0.15) is 37.2 Å². The molecular formula is C21H19BrN2O2S. The normalized spacial score (nSPS) is 20.1. The molecule has 4 nitrogen and oxygen atoms in total. The number of anilines is 1. The molecule has 0 fully saturated rings. The third-order valence-corrected chi connectivity index (χ3v) is 6.35. The summed E-state index contributed by atoms with van der Waals surface area (Å²) in [5.74, 6) is 0.575. The van der Waals surface area contributed by atoms with Crippen LogP contribution in [0.5, 0.6) is 0 Å². The predicted octanol–water partition coefficient (Wildman–Crippen LogP) is 5.09. The molecule has 1 aliphatic heterocycles. The number of nitrogens with zero attached hydrogens (tertiary/aromatic N) is 2. The average Bonchev–Trinajstić information content (AvgIpc) is 2.69. The quantitative estimate of drug-likeness (QED) is 0.620. The second-order valence-electron chi connectivity index (χ2n) is 6.73. The van der Waals surface area contributed by atoms with Crippen molar-refractivity contribution in [1.29, 1.82) is 0 Å². The van der Waals surface area contributed by atoms with E-state index in [4.69, 9.17) is 0 Å². The highest BCUT2D eigenvalue weighted by molar-refractivity contribution is 9.10. The van der Waals surface area contributed by atoms with Crippen molar-refractivity contribution in [1.82, 2.24) is 4.98 Å². The zero-order valence-corrected chi connectivity index (χ0v) is 17.3. The van der Waals surface area contributed by atoms with Gasteiger partial charge >= 0.3 is 0 Å². The van der Waals surface area contributed by atoms with E-state index in [0.717, 1.165) is 34.1 Å². The summed E-state index contributed by atoms with van der Waals surface area (Å²) in [5.41, 5.74) is 2.66. The number of hydrogen-bond donors (Lipinski definition) is 0. The Balaban J connectivity index is 1.81. The fraction of sp³-hybridized carbons (Fsp3) is 0.286. The second kappa shape index (κ2) is 7.60. The topological polar surface area (TPSA) is 50.3 Å². The molecule has 138 valence electrons. The lowest BCUT2D eigenvalue weighted by molar-refractivity contribution is -0.120. The first-order valence-electron chi connectivity index (χ1n) is 8.93. The summed E-state index contributed by atoms with van der Waals surface area (Å²) in [4.78, 5) is 33.1. The van der Waals surface area contributed by atoms with Gasteiger partial charge in [-0.1, -0.05) is 12.1 Å². The van der Waals surface area contributed by atoms with Crippen LogP contribution < -0.4 is 4.90 Å². The lowest BCUT2D eigenvalue weighted by Gasteiger charge is -2.37. The van der Waals surface area contributed by atoms with Gasteiger partial charge in [0, 0.05) is 45.6 Å². The minimum absolute atomic E-state index is 0.00258. The first kappa shape index (κ1) is 18.4. The van der Waals surface area contributed by atoms with E-state index in [1.165, 1.54) is 4.90 Å². The van der Waals surface area contributed by atoms with Gasteiger partial charge in [-0.3, -0.25) is 14.5 Å². The number of rotatable bonds is 3. The highest BCUT2D eigenvalue weighted by Crippen LogP contribution is 2.43. The van der Waals surface area contributed by atoms with Crippen LogP contribution in [0.25, 0.3) is 0 Å². The Kier molecular flexibility index (Phi) is 5.19. The van der Waals surface area contributed by atoms with Crippen molar-refractivity contribution in [3.05, 3.63) is 63.9 Å². The van der Waals surface area contributed by atoms with Gasteiger partial charge in [-0.15, -0.1) is 11.8 Å². The average molecular weight is 443 g/mol. The number of halogens is 1. The van der Waals surface area contributed by atoms with Crippen LogP contribution in [0, 0.1) is 0 Å². The molecule has 0 bridgehead atoms. The van der Waals surface area contributed by atoms with Gasteiger partial charge in [0.1, 0.15) is 5.82 Å². The van der Waals surface area contributed by atoms with Crippen LogP contribution in [0.15, 0.2) is 63.2 Å². The number of hydrogen-bond acceptors (Lipinski definition) is 4. The minimum atomic E-state index is -0.164. The molecule has 0 N–H and O–H groups in total. The van der Waals surface area contributed by atoms with Gasteiger partial charge in [-0.05, 0) is 64.9 Å². The van der Waals surface area contributed by atoms with Crippen LogP contribution >= 0.6 is 27.7 Å². The SMILES string of the molecule is CSc1ccc(C2CC(=O)N(c3ccc(Br)cn3)C3=C2C(=O)CCC3)cc1. The van der Waals surface area contributed by atoms with Gasteiger partial charge in [-0.2, -0.15) is 0 Å². The molecule has 1 aliphatic carbocycles. The standard InChI is InChI=1S/C21H19BrN2O2S/c1-27-15-8-5-13(6-9-15)16-11-20(26)24(19-10-7-14(22)12-23-19)17-3-2-4-18(25)21(16)17/h5-10,12,16H,2-4,11H2,1H3. The number of ketones is 1. The highest BCUT2D eigenvalue weighted by Gasteiger charge is 2.40. The Hall–Kier alpha value is -1.92. The van der Waals surface area contributed by atoms with Crippen molar-refractivity contribution in [2.75, 3.05) is 11.2 Å². The zero-order chi connectivity index (χ0) is 19.0. The number of amides is 1. The van der Waals surface area contributed by atoms with Crippen molar-refractivity contribution in [2.24, 2.45) is 0 Å². The van der Waals surface area contributed by atoms with E-state index in [1.807, 2.05) is 30.5 Å².